The molecule has 104 valence electrons. The molecule has 0 spiro atoms. The first-order chi connectivity index (χ1) is 9.49. The summed E-state index contributed by atoms with van der Waals surface area (Å²) in [5.41, 5.74) is -0.125. The lowest BCUT2D eigenvalue weighted by molar-refractivity contribution is -0.385. The SMILES string of the molecule is O=[N+]([O-])c1ccccc1CC(O)c1cc(F)ccc1F. The largest absolute Gasteiger partial charge is 0.388 e. The summed E-state index contributed by atoms with van der Waals surface area (Å²) in [6.45, 7) is 0. The zero-order valence-electron chi connectivity index (χ0n) is 10.3. The smallest absolute Gasteiger partial charge is 0.272 e. The molecule has 2 rings (SSSR count). The molecule has 0 fully saturated rings. The number of benzene rings is 2. The number of halogens is 2. The monoisotopic (exact) mass is 279 g/mol. The Balaban J connectivity index is 2.30. The fourth-order valence-electron chi connectivity index (χ4n) is 1.95. The van der Waals surface area contributed by atoms with Crippen molar-refractivity contribution in [3.63, 3.8) is 0 Å². The van der Waals surface area contributed by atoms with Crippen LogP contribution in [-0.4, -0.2) is 10.0 Å². The molecule has 0 saturated heterocycles. The molecule has 4 nitrogen and oxygen atoms in total. The molecule has 0 heterocycles. The van der Waals surface area contributed by atoms with Crippen LogP contribution in [0.2, 0.25) is 0 Å². The van der Waals surface area contributed by atoms with E-state index in [0.29, 0.717) is 0 Å². The molecule has 0 radical (unpaired) electrons. The number of aliphatic hydroxyl groups is 1. The normalized spacial score (nSPS) is 12.2. The molecule has 1 N–H and O–H groups in total. The highest BCUT2D eigenvalue weighted by molar-refractivity contribution is 5.40. The Hall–Kier alpha value is -2.34. The number of aliphatic hydroxyl groups excluding tert-OH is 1. The zero-order valence-corrected chi connectivity index (χ0v) is 10.3. The van der Waals surface area contributed by atoms with Crippen LogP contribution in [0.3, 0.4) is 0 Å². The van der Waals surface area contributed by atoms with Crippen LogP contribution >= 0.6 is 0 Å². The average molecular weight is 279 g/mol. The Morgan fingerprint density at radius 1 is 1.20 bits per heavy atom. The van der Waals surface area contributed by atoms with E-state index in [1.807, 2.05) is 0 Å². The van der Waals surface area contributed by atoms with E-state index in [1.54, 1.807) is 6.07 Å². The number of para-hydroxylation sites is 1. The third-order valence-corrected chi connectivity index (χ3v) is 2.92. The molecular weight excluding hydrogens is 268 g/mol. The molecule has 20 heavy (non-hydrogen) atoms. The Morgan fingerprint density at radius 3 is 2.60 bits per heavy atom. The van der Waals surface area contributed by atoms with Gasteiger partial charge in [0, 0.05) is 23.6 Å². The molecule has 0 aromatic heterocycles. The Bertz CT molecular complexity index is 646. The Morgan fingerprint density at radius 2 is 1.90 bits per heavy atom. The quantitative estimate of drug-likeness (QED) is 0.690. The maximum atomic E-state index is 13.5. The molecule has 2 aromatic rings. The zero-order chi connectivity index (χ0) is 14.7. The van der Waals surface area contributed by atoms with E-state index in [9.17, 15) is 24.0 Å². The van der Waals surface area contributed by atoms with Crippen molar-refractivity contribution in [3.8, 4) is 0 Å². The highest BCUT2D eigenvalue weighted by Crippen LogP contribution is 2.26. The van der Waals surface area contributed by atoms with Gasteiger partial charge >= 0.3 is 0 Å². The standard InChI is InChI=1S/C14H11F2NO3/c15-10-5-6-12(16)11(8-10)14(18)7-9-3-1-2-4-13(9)17(19)20/h1-6,8,14,18H,7H2. The summed E-state index contributed by atoms with van der Waals surface area (Å²) < 4.78 is 26.6. The van der Waals surface area contributed by atoms with E-state index in [1.165, 1.54) is 18.2 Å². The number of nitro groups is 1. The van der Waals surface area contributed by atoms with E-state index in [4.69, 9.17) is 0 Å². The summed E-state index contributed by atoms with van der Waals surface area (Å²) in [6.07, 6.45) is -1.52. The van der Waals surface area contributed by atoms with Crippen molar-refractivity contribution in [2.24, 2.45) is 0 Å². The van der Waals surface area contributed by atoms with Gasteiger partial charge in [0.05, 0.1) is 11.0 Å². The van der Waals surface area contributed by atoms with Crippen LogP contribution in [0.1, 0.15) is 17.2 Å². The lowest BCUT2D eigenvalue weighted by atomic mass is 10.00. The molecule has 0 saturated carbocycles. The van der Waals surface area contributed by atoms with Crippen LogP contribution in [0.25, 0.3) is 0 Å². The fraction of sp³-hybridized carbons (Fsp3) is 0.143. The summed E-state index contributed by atoms with van der Waals surface area (Å²) >= 11 is 0. The van der Waals surface area contributed by atoms with E-state index in [-0.39, 0.29) is 23.2 Å². The van der Waals surface area contributed by atoms with Crippen molar-refractivity contribution in [2.45, 2.75) is 12.5 Å². The lowest BCUT2D eigenvalue weighted by Crippen LogP contribution is -2.06. The molecule has 0 aliphatic carbocycles. The van der Waals surface area contributed by atoms with Gasteiger partial charge in [-0.3, -0.25) is 10.1 Å². The number of rotatable bonds is 4. The van der Waals surface area contributed by atoms with Gasteiger partial charge in [-0.2, -0.15) is 0 Å². The van der Waals surface area contributed by atoms with Crippen molar-refractivity contribution in [1.82, 2.24) is 0 Å². The first-order valence-corrected chi connectivity index (χ1v) is 5.84. The van der Waals surface area contributed by atoms with Crippen LogP contribution in [0.5, 0.6) is 0 Å². The average Bonchev–Trinajstić information content (AvgIpc) is 2.41. The van der Waals surface area contributed by atoms with Gasteiger partial charge in [-0.1, -0.05) is 18.2 Å². The summed E-state index contributed by atoms with van der Waals surface area (Å²) in [7, 11) is 0. The predicted molar refractivity (Wildman–Crippen MR) is 68.1 cm³/mol. The molecule has 1 atom stereocenters. The van der Waals surface area contributed by atoms with Gasteiger partial charge in [-0.25, -0.2) is 8.78 Å². The second-order valence-electron chi connectivity index (χ2n) is 4.27. The summed E-state index contributed by atoms with van der Waals surface area (Å²) in [4.78, 5) is 10.3. The number of hydrogen-bond acceptors (Lipinski definition) is 3. The maximum absolute atomic E-state index is 13.5. The molecule has 1 unspecified atom stereocenters. The molecule has 0 amide bonds. The highest BCUT2D eigenvalue weighted by atomic mass is 19.1. The summed E-state index contributed by atoms with van der Waals surface area (Å²) in [5, 5.41) is 20.8. The topological polar surface area (TPSA) is 63.4 Å². The van der Waals surface area contributed by atoms with Crippen molar-refractivity contribution in [2.75, 3.05) is 0 Å². The second-order valence-corrected chi connectivity index (χ2v) is 4.27. The maximum Gasteiger partial charge on any atom is 0.272 e. The van der Waals surface area contributed by atoms with E-state index >= 15 is 0 Å². The third kappa shape index (κ3) is 2.97. The summed E-state index contributed by atoms with van der Waals surface area (Å²) in [5.74, 6) is -1.43. The third-order valence-electron chi connectivity index (χ3n) is 2.92. The van der Waals surface area contributed by atoms with Crippen LogP contribution in [0.4, 0.5) is 14.5 Å². The van der Waals surface area contributed by atoms with Gasteiger partial charge in [0.25, 0.3) is 5.69 Å². The first-order valence-electron chi connectivity index (χ1n) is 5.84. The number of nitro benzene ring substituents is 1. The van der Waals surface area contributed by atoms with E-state index < -0.39 is 22.7 Å². The number of hydrogen-bond donors (Lipinski definition) is 1. The van der Waals surface area contributed by atoms with Crippen LogP contribution in [0.15, 0.2) is 42.5 Å². The molecule has 0 aliphatic rings. The molecule has 0 aliphatic heterocycles. The predicted octanol–water partition coefficient (Wildman–Crippen LogP) is 3.15. The molecule has 2 aromatic carbocycles. The van der Waals surface area contributed by atoms with Crippen LogP contribution in [-0.2, 0) is 6.42 Å². The summed E-state index contributed by atoms with van der Waals surface area (Å²) in [6, 6.07) is 8.58. The second kappa shape index (κ2) is 5.75. The highest BCUT2D eigenvalue weighted by Gasteiger charge is 2.19. The molecule has 6 heteroatoms. The van der Waals surface area contributed by atoms with Crippen LogP contribution in [0, 0.1) is 21.7 Å². The van der Waals surface area contributed by atoms with Gasteiger partial charge in [-0.15, -0.1) is 0 Å². The van der Waals surface area contributed by atoms with Gasteiger partial charge in [0.2, 0.25) is 0 Å². The first kappa shape index (κ1) is 14.1. The lowest BCUT2D eigenvalue weighted by Gasteiger charge is -2.12. The van der Waals surface area contributed by atoms with Crippen molar-refractivity contribution >= 4 is 5.69 Å². The molecular formula is C14H11F2NO3. The van der Waals surface area contributed by atoms with Crippen molar-refractivity contribution in [3.05, 3.63) is 75.3 Å². The van der Waals surface area contributed by atoms with Crippen molar-refractivity contribution < 1.29 is 18.8 Å². The Kier molecular flexibility index (Phi) is 4.05. The van der Waals surface area contributed by atoms with Gasteiger partial charge in [0.1, 0.15) is 11.6 Å². The minimum Gasteiger partial charge on any atom is -0.388 e. The van der Waals surface area contributed by atoms with E-state index in [2.05, 4.69) is 0 Å². The number of nitrogens with zero attached hydrogens (tertiary/aromatic N) is 1. The van der Waals surface area contributed by atoms with Gasteiger partial charge < -0.3 is 5.11 Å². The molecule has 0 bridgehead atoms. The Labute approximate surface area is 113 Å². The minimum atomic E-state index is -1.35. The van der Waals surface area contributed by atoms with Gasteiger partial charge in [-0.05, 0) is 18.2 Å². The van der Waals surface area contributed by atoms with Crippen LogP contribution < -0.4 is 0 Å². The van der Waals surface area contributed by atoms with E-state index in [0.717, 1.165) is 18.2 Å². The fourth-order valence-corrected chi connectivity index (χ4v) is 1.95. The minimum absolute atomic E-state index is 0.164. The van der Waals surface area contributed by atoms with Gasteiger partial charge in [0.15, 0.2) is 0 Å². The van der Waals surface area contributed by atoms with Crippen molar-refractivity contribution in [1.29, 1.82) is 0 Å².